The van der Waals surface area contributed by atoms with Crippen LogP contribution in [0.15, 0.2) is 24.3 Å². The lowest BCUT2D eigenvalue weighted by Crippen LogP contribution is -2.52. The molecular formula is C18H25N3O3. The molecule has 0 aromatic heterocycles. The molecule has 0 saturated carbocycles. The van der Waals surface area contributed by atoms with Crippen molar-refractivity contribution in [2.45, 2.75) is 26.3 Å². The molecule has 2 saturated heterocycles. The highest BCUT2D eigenvalue weighted by Gasteiger charge is 2.43. The van der Waals surface area contributed by atoms with Crippen LogP contribution in [0.4, 0.5) is 5.69 Å². The van der Waals surface area contributed by atoms with Crippen LogP contribution in [0.25, 0.3) is 0 Å². The van der Waals surface area contributed by atoms with Gasteiger partial charge in [-0.1, -0.05) is 6.92 Å². The lowest BCUT2D eigenvalue weighted by molar-refractivity contribution is -0.123. The number of ether oxygens (including phenoxy) is 1. The Morgan fingerprint density at radius 3 is 2.29 bits per heavy atom. The van der Waals surface area contributed by atoms with E-state index >= 15 is 0 Å². The Hall–Kier alpha value is -1.92. The van der Waals surface area contributed by atoms with Gasteiger partial charge < -0.3 is 9.64 Å². The van der Waals surface area contributed by atoms with Crippen LogP contribution in [0.2, 0.25) is 0 Å². The Morgan fingerprint density at radius 1 is 1.04 bits per heavy atom. The molecule has 2 fully saturated rings. The summed E-state index contributed by atoms with van der Waals surface area (Å²) >= 11 is 0. The van der Waals surface area contributed by atoms with Crippen LogP contribution >= 0.6 is 0 Å². The number of carbonyl (C=O) groups excluding carboxylic acids is 2. The van der Waals surface area contributed by atoms with Crippen LogP contribution in [0.5, 0.6) is 5.75 Å². The number of likely N-dealkylation sites (N-methyl/N-ethyl adjacent to an activating group) is 1. The topological polar surface area (TPSA) is 53.1 Å². The molecule has 2 aliphatic rings. The highest BCUT2D eigenvalue weighted by atomic mass is 16.5. The van der Waals surface area contributed by atoms with Crippen molar-refractivity contribution in [1.82, 2.24) is 9.80 Å². The summed E-state index contributed by atoms with van der Waals surface area (Å²) in [5, 5.41) is 0. The van der Waals surface area contributed by atoms with E-state index in [2.05, 4.69) is 16.7 Å². The second-order valence-corrected chi connectivity index (χ2v) is 6.18. The molecule has 0 spiro atoms. The van der Waals surface area contributed by atoms with Gasteiger partial charge in [0, 0.05) is 26.2 Å². The summed E-state index contributed by atoms with van der Waals surface area (Å²) in [5.74, 6) is 0.522. The van der Waals surface area contributed by atoms with Gasteiger partial charge in [-0.15, -0.1) is 0 Å². The number of anilines is 1. The number of piperazine rings is 1. The van der Waals surface area contributed by atoms with E-state index in [0.29, 0.717) is 12.3 Å². The van der Waals surface area contributed by atoms with Crippen LogP contribution in [0.3, 0.4) is 0 Å². The lowest BCUT2D eigenvalue weighted by atomic mass is 10.1. The molecule has 0 N–H and O–H groups in total. The number of amides is 2. The molecule has 2 aliphatic heterocycles. The average molecular weight is 331 g/mol. The second kappa shape index (κ2) is 7.32. The Bertz CT molecular complexity index is 594. The number of hydrogen-bond acceptors (Lipinski definition) is 5. The maximum absolute atomic E-state index is 12.8. The fourth-order valence-electron chi connectivity index (χ4n) is 3.42. The quantitative estimate of drug-likeness (QED) is 0.763. The summed E-state index contributed by atoms with van der Waals surface area (Å²) in [7, 11) is 0. The number of hydrogen-bond donors (Lipinski definition) is 0. The van der Waals surface area contributed by atoms with Gasteiger partial charge in [-0.3, -0.25) is 14.5 Å². The van der Waals surface area contributed by atoms with Crippen LogP contribution < -0.4 is 9.64 Å². The number of nitrogens with zero attached hydrogens (tertiary/aromatic N) is 3. The first-order chi connectivity index (χ1) is 11.6. The predicted molar refractivity (Wildman–Crippen MR) is 92.2 cm³/mol. The molecule has 0 unspecified atom stereocenters. The summed E-state index contributed by atoms with van der Waals surface area (Å²) in [6.45, 7) is 9.28. The maximum Gasteiger partial charge on any atom is 0.251 e. The highest BCUT2D eigenvalue weighted by molar-refractivity contribution is 6.22. The van der Waals surface area contributed by atoms with E-state index in [1.54, 1.807) is 24.3 Å². The molecule has 1 atom stereocenters. The third-order valence-corrected chi connectivity index (χ3v) is 4.82. The van der Waals surface area contributed by atoms with Gasteiger partial charge >= 0.3 is 0 Å². The fraction of sp³-hybridized carbons (Fsp3) is 0.556. The van der Waals surface area contributed by atoms with Gasteiger partial charge in [0.2, 0.25) is 5.91 Å². The highest BCUT2D eigenvalue weighted by Crippen LogP contribution is 2.27. The van der Waals surface area contributed by atoms with Crippen LogP contribution in [0, 0.1) is 0 Å². The zero-order valence-corrected chi connectivity index (χ0v) is 14.4. The molecule has 0 aliphatic carbocycles. The summed E-state index contributed by atoms with van der Waals surface area (Å²) in [4.78, 5) is 31.0. The van der Waals surface area contributed by atoms with Crippen LogP contribution in [0.1, 0.15) is 20.3 Å². The average Bonchev–Trinajstić information content (AvgIpc) is 2.91. The first-order valence-electron chi connectivity index (χ1n) is 8.70. The van der Waals surface area contributed by atoms with Crippen molar-refractivity contribution in [3.63, 3.8) is 0 Å². The Balaban J connectivity index is 1.70. The summed E-state index contributed by atoms with van der Waals surface area (Å²) in [6.07, 6.45) is 0.276. The van der Waals surface area contributed by atoms with Gasteiger partial charge in [0.15, 0.2) is 0 Å². The maximum atomic E-state index is 12.8. The van der Waals surface area contributed by atoms with Crippen molar-refractivity contribution in [2.24, 2.45) is 0 Å². The van der Waals surface area contributed by atoms with Crippen LogP contribution in [-0.4, -0.2) is 67.0 Å². The molecule has 1 aromatic carbocycles. The zero-order valence-electron chi connectivity index (χ0n) is 14.4. The minimum atomic E-state index is -0.317. The van der Waals surface area contributed by atoms with Crippen molar-refractivity contribution in [2.75, 3.05) is 44.2 Å². The first kappa shape index (κ1) is 16.9. The molecule has 6 heteroatoms. The molecule has 130 valence electrons. The number of carbonyl (C=O) groups is 2. The molecule has 0 bridgehead atoms. The lowest BCUT2D eigenvalue weighted by Gasteiger charge is -2.36. The minimum absolute atomic E-state index is 0.103. The molecule has 0 radical (unpaired) electrons. The first-order valence-corrected chi connectivity index (χ1v) is 8.70. The number of benzene rings is 1. The monoisotopic (exact) mass is 331 g/mol. The summed E-state index contributed by atoms with van der Waals surface area (Å²) in [6, 6.07) is 6.83. The standard InChI is InChI=1S/C18H25N3O3/c1-3-19-9-11-20(12-10-19)16-13-17(22)21(18(16)23)14-5-7-15(8-6-14)24-4-2/h5-8,16H,3-4,9-13H2,1-2H3/t16-/m0/s1. The fourth-order valence-corrected chi connectivity index (χ4v) is 3.42. The van der Waals surface area contributed by atoms with Gasteiger partial charge in [0.25, 0.3) is 5.91 Å². The van der Waals surface area contributed by atoms with Crippen molar-refractivity contribution in [3.05, 3.63) is 24.3 Å². The Labute approximate surface area is 143 Å². The minimum Gasteiger partial charge on any atom is -0.494 e. The Kier molecular flexibility index (Phi) is 5.16. The number of rotatable bonds is 5. The SMILES string of the molecule is CCOc1ccc(N2C(=O)C[C@H](N3CCN(CC)CC3)C2=O)cc1. The van der Waals surface area contributed by atoms with Crippen molar-refractivity contribution >= 4 is 17.5 Å². The van der Waals surface area contributed by atoms with Gasteiger partial charge in [-0.2, -0.15) is 0 Å². The van der Waals surface area contributed by atoms with E-state index in [1.165, 1.54) is 4.90 Å². The molecule has 2 heterocycles. The van der Waals surface area contributed by atoms with E-state index in [1.807, 2.05) is 6.92 Å². The molecular weight excluding hydrogens is 306 g/mol. The molecule has 6 nitrogen and oxygen atoms in total. The van der Waals surface area contributed by atoms with Gasteiger partial charge in [-0.05, 0) is 37.7 Å². The van der Waals surface area contributed by atoms with E-state index in [0.717, 1.165) is 38.5 Å². The summed E-state index contributed by atoms with van der Waals surface area (Å²) < 4.78 is 5.41. The van der Waals surface area contributed by atoms with Gasteiger partial charge in [-0.25, -0.2) is 4.90 Å². The molecule has 24 heavy (non-hydrogen) atoms. The van der Waals surface area contributed by atoms with E-state index in [9.17, 15) is 9.59 Å². The van der Waals surface area contributed by atoms with E-state index in [-0.39, 0.29) is 24.3 Å². The normalized spacial score (nSPS) is 23.1. The summed E-state index contributed by atoms with van der Waals surface area (Å²) in [5.41, 5.74) is 0.628. The van der Waals surface area contributed by atoms with Crippen molar-refractivity contribution < 1.29 is 14.3 Å². The second-order valence-electron chi connectivity index (χ2n) is 6.18. The largest absolute Gasteiger partial charge is 0.494 e. The van der Waals surface area contributed by atoms with E-state index < -0.39 is 0 Å². The zero-order chi connectivity index (χ0) is 17.1. The third-order valence-electron chi connectivity index (χ3n) is 4.82. The van der Waals surface area contributed by atoms with Gasteiger partial charge in [0.1, 0.15) is 5.75 Å². The smallest absolute Gasteiger partial charge is 0.251 e. The van der Waals surface area contributed by atoms with Crippen molar-refractivity contribution in [3.8, 4) is 5.75 Å². The van der Waals surface area contributed by atoms with E-state index in [4.69, 9.17) is 4.74 Å². The predicted octanol–water partition coefficient (Wildman–Crippen LogP) is 1.35. The Morgan fingerprint density at radius 2 is 1.71 bits per heavy atom. The molecule has 2 amide bonds. The number of imide groups is 1. The molecule has 1 aromatic rings. The van der Waals surface area contributed by atoms with Crippen molar-refractivity contribution in [1.29, 1.82) is 0 Å². The third kappa shape index (κ3) is 3.30. The van der Waals surface area contributed by atoms with Gasteiger partial charge in [0.05, 0.1) is 24.8 Å². The molecule has 3 rings (SSSR count). The van der Waals surface area contributed by atoms with Crippen LogP contribution in [-0.2, 0) is 9.59 Å².